The van der Waals surface area contributed by atoms with Gasteiger partial charge in [-0.3, -0.25) is 4.79 Å². The van der Waals surface area contributed by atoms with Gasteiger partial charge in [-0.05, 0) is 30.0 Å². The van der Waals surface area contributed by atoms with Crippen molar-refractivity contribution in [3.05, 3.63) is 65.2 Å². The number of para-hydroxylation sites is 1. The fourth-order valence-corrected chi connectivity index (χ4v) is 4.33. The second-order valence-electron chi connectivity index (χ2n) is 7.28. The minimum Gasteiger partial charge on any atom is -0.492 e. The van der Waals surface area contributed by atoms with E-state index in [9.17, 15) is 4.79 Å². The molecule has 0 atom stereocenters. The smallest absolute Gasteiger partial charge is 0.255 e. The van der Waals surface area contributed by atoms with E-state index in [4.69, 9.17) is 4.74 Å². The van der Waals surface area contributed by atoms with Crippen LogP contribution in [0.5, 0.6) is 5.75 Å². The first-order valence-corrected chi connectivity index (χ1v) is 9.37. The molecule has 3 heteroatoms. The van der Waals surface area contributed by atoms with E-state index in [2.05, 4.69) is 35.6 Å². The summed E-state index contributed by atoms with van der Waals surface area (Å²) in [6, 6.07) is 16.6. The first kappa shape index (κ1) is 16.2. The maximum absolute atomic E-state index is 12.8. The van der Waals surface area contributed by atoms with Crippen LogP contribution in [0.1, 0.15) is 53.6 Å². The molecule has 2 aromatic carbocycles. The molecule has 1 amide bonds. The molecule has 1 fully saturated rings. The average molecular weight is 335 g/mol. The molecule has 3 nitrogen and oxygen atoms in total. The van der Waals surface area contributed by atoms with Crippen molar-refractivity contribution in [1.82, 2.24) is 5.32 Å². The second-order valence-corrected chi connectivity index (χ2v) is 7.28. The zero-order chi connectivity index (χ0) is 17.1. The molecule has 2 aliphatic rings. The molecule has 0 unspecified atom stereocenters. The van der Waals surface area contributed by atoms with E-state index in [1.165, 1.54) is 24.8 Å². The Balaban J connectivity index is 1.54. The van der Waals surface area contributed by atoms with E-state index in [0.717, 1.165) is 30.6 Å². The number of ether oxygens (including phenoxy) is 1. The highest BCUT2D eigenvalue weighted by Gasteiger charge is 2.34. The number of hydrogen-bond acceptors (Lipinski definition) is 2. The average Bonchev–Trinajstić information content (AvgIpc) is 3.16. The standard InChI is InChI=1S/C22H25NO2/c24-21(19-11-7-8-17-12-15-25-20(17)19)23-16-22(13-5-2-6-14-22)18-9-3-1-4-10-18/h1,3-4,7-11H,2,5-6,12-16H2,(H,23,24). The molecule has 1 aliphatic heterocycles. The summed E-state index contributed by atoms with van der Waals surface area (Å²) in [5.41, 5.74) is 3.23. The summed E-state index contributed by atoms with van der Waals surface area (Å²) in [5.74, 6) is 0.761. The molecule has 2 aromatic rings. The van der Waals surface area contributed by atoms with Crippen molar-refractivity contribution in [2.45, 2.75) is 43.9 Å². The Bertz CT molecular complexity index is 748. The maximum atomic E-state index is 12.8. The maximum Gasteiger partial charge on any atom is 0.255 e. The molecule has 1 heterocycles. The number of carbonyl (C=O) groups is 1. The van der Waals surface area contributed by atoms with Gasteiger partial charge in [-0.15, -0.1) is 0 Å². The van der Waals surface area contributed by atoms with Crippen LogP contribution in [0.4, 0.5) is 0 Å². The first-order valence-electron chi connectivity index (χ1n) is 9.37. The molecule has 0 aromatic heterocycles. The molecule has 0 radical (unpaired) electrons. The van der Waals surface area contributed by atoms with E-state index in [1.807, 2.05) is 18.2 Å². The molecule has 1 saturated carbocycles. The summed E-state index contributed by atoms with van der Waals surface area (Å²) < 4.78 is 5.69. The quantitative estimate of drug-likeness (QED) is 0.907. The minimum atomic E-state index is -0.0142. The highest BCUT2D eigenvalue weighted by molar-refractivity contribution is 5.97. The molecule has 130 valence electrons. The largest absolute Gasteiger partial charge is 0.492 e. The highest BCUT2D eigenvalue weighted by Crippen LogP contribution is 2.39. The molecule has 1 N–H and O–H groups in total. The zero-order valence-corrected chi connectivity index (χ0v) is 14.6. The van der Waals surface area contributed by atoms with Crippen molar-refractivity contribution in [2.75, 3.05) is 13.2 Å². The van der Waals surface area contributed by atoms with Crippen LogP contribution in [-0.2, 0) is 11.8 Å². The van der Waals surface area contributed by atoms with Gasteiger partial charge in [0.1, 0.15) is 5.75 Å². The third-order valence-electron chi connectivity index (χ3n) is 5.74. The summed E-state index contributed by atoms with van der Waals surface area (Å²) in [4.78, 5) is 12.8. The van der Waals surface area contributed by atoms with Crippen molar-refractivity contribution < 1.29 is 9.53 Å². The van der Waals surface area contributed by atoms with Crippen LogP contribution in [0.25, 0.3) is 0 Å². The molecular formula is C22H25NO2. The summed E-state index contributed by atoms with van der Waals surface area (Å²) in [5, 5.41) is 3.22. The number of amides is 1. The van der Waals surface area contributed by atoms with Crippen molar-refractivity contribution in [3.8, 4) is 5.75 Å². The Morgan fingerprint density at radius 1 is 1.00 bits per heavy atom. The van der Waals surface area contributed by atoms with Gasteiger partial charge in [0.25, 0.3) is 5.91 Å². The van der Waals surface area contributed by atoms with Crippen molar-refractivity contribution in [1.29, 1.82) is 0 Å². The SMILES string of the molecule is O=C(NCC1(c2ccccc2)CCCCC1)c1cccc2c1OCC2. The van der Waals surface area contributed by atoms with E-state index in [1.54, 1.807) is 0 Å². The van der Waals surface area contributed by atoms with Gasteiger partial charge in [0.05, 0.1) is 12.2 Å². The molecule has 4 rings (SSSR count). The zero-order valence-electron chi connectivity index (χ0n) is 14.6. The fraction of sp³-hybridized carbons (Fsp3) is 0.409. The lowest BCUT2D eigenvalue weighted by molar-refractivity contribution is 0.0933. The Morgan fingerprint density at radius 3 is 2.60 bits per heavy atom. The summed E-state index contributed by atoms with van der Waals surface area (Å²) in [7, 11) is 0. The topological polar surface area (TPSA) is 38.3 Å². The first-order chi connectivity index (χ1) is 12.3. The summed E-state index contributed by atoms with van der Waals surface area (Å²) >= 11 is 0. The monoisotopic (exact) mass is 335 g/mol. The van der Waals surface area contributed by atoms with Crippen LogP contribution in [-0.4, -0.2) is 19.1 Å². The van der Waals surface area contributed by atoms with Crippen molar-refractivity contribution in [3.63, 3.8) is 0 Å². The van der Waals surface area contributed by atoms with Gasteiger partial charge in [-0.1, -0.05) is 61.7 Å². The third-order valence-corrected chi connectivity index (χ3v) is 5.74. The molecule has 0 saturated heterocycles. The van der Waals surface area contributed by atoms with Crippen molar-refractivity contribution in [2.24, 2.45) is 0 Å². The Hall–Kier alpha value is -2.29. The van der Waals surface area contributed by atoms with Gasteiger partial charge in [-0.2, -0.15) is 0 Å². The van der Waals surface area contributed by atoms with Gasteiger partial charge >= 0.3 is 0 Å². The molecule has 1 aliphatic carbocycles. The molecule has 0 spiro atoms. The Labute approximate surface area is 149 Å². The van der Waals surface area contributed by atoms with Crippen molar-refractivity contribution >= 4 is 5.91 Å². The number of carbonyl (C=O) groups excluding carboxylic acids is 1. The van der Waals surface area contributed by atoms with Gasteiger partial charge in [-0.25, -0.2) is 0 Å². The van der Waals surface area contributed by atoms with Crippen LogP contribution >= 0.6 is 0 Å². The molecular weight excluding hydrogens is 310 g/mol. The lowest BCUT2D eigenvalue weighted by Crippen LogP contribution is -2.42. The van der Waals surface area contributed by atoms with Gasteiger partial charge in [0.15, 0.2) is 0 Å². The van der Waals surface area contributed by atoms with Gasteiger partial charge < -0.3 is 10.1 Å². The third kappa shape index (κ3) is 3.15. The number of benzene rings is 2. The predicted octanol–water partition coefficient (Wildman–Crippen LogP) is 4.25. The number of fused-ring (bicyclic) bond motifs is 1. The lowest BCUT2D eigenvalue weighted by atomic mass is 9.69. The van der Waals surface area contributed by atoms with E-state index in [0.29, 0.717) is 18.7 Å². The van der Waals surface area contributed by atoms with E-state index in [-0.39, 0.29) is 11.3 Å². The van der Waals surface area contributed by atoms with Crippen LogP contribution < -0.4 is 10.1 Å². The minimum absolute atomic E-state index is 0.0142. The Kier molecular flexibility index (Phi) is 4.48. The normalized spacial score (nSPS) is 18.2. The fourth-order valence-electron chi connectivity index (χ4n) is 4.33. The van der Waals surface area contributed by atoms with E-state index >= 15 is 0 Å². The number of nitrogens with one attached hydrogen (secondary N) is 1. The Morgan fingerprint density at radius 2 is 1.80 bits per heavy atom. The predicted molar refractivity (Wildman–Crippen MR) is 99.2 cm³/mol. The van der Waals surface area contributed by atoms with Gasteiger partial charge in [0.2, 0.25) is 0 Å². The van der Waals surface area contributed by atoms with Crippen LogP contribution in [0.15, 0.2) is 48.5 Å². The summed E-state index contributed by atoms with van der Waals surface area (Å²) in [6.45, 7) is 1.37. The second kappa shape index (κ2) is 6.91. The summed E-state index contributed by atoms with van der Waals surface area (Å²) in [6.07, 6.45) is 6.93. The van der Waals surface area contributed by atoms with Crippen LogP contribution in [0.3, 0.4) is 0 Å². The van der Waals surface area contributed by atoms with Crippen LogP contribution in [0.2, 0.25) is 0 Å². The number of rotatable bonds is 4. The lowest BCUT2D eigenvalue weighted by Gasteiger charge is -2.38. The molecule has 25 heavy (non-hydrogen) atoms. The number of hydrogen-bond donors (Lipinski definition) is 1. The highest BCUT2D eigenvalue weighted by atomic mass is 16.5. The van der Waals surface area contributed by atoms with Gasteiger partial charge in [0, 0.05) is 18.4 Å². The van der Waals surface area contributed by atoms with Crippen LogP contribution in [0, 0.1) is 0 Å². The molecule has 0 bridgehead atoms. The van der Waals surface area contributed by atoms with E-state index < -0.39 is 0 Å².